The maximum atomic E-state index is 13.7. The van der Waals surface area contributed by atoms with Crippen LogP contribution in [0.3, 0.4) is 0 Å². The highest BCUT2D eigenvalue weighted by Crippen LogP contribution is 2.27. The number of hydrogen-bond acceptors (Lipinski definition) is 3. The second kappa shape index (κ2) is 10.4. The molecule has 0 spiro atoms. The number of aromatic nitrogens is 2. The highest BCUT2D eigenvalue weighted by atomic mass is 19.2. The van der Waals surface area contributed by atoms with Crippen LogP contribution in [0, 0.1) is 11.6 Å². The first-order valence-corrected chi connectivity index (χ1v) is 11.0. The first-order valence-electron chi connectivity index (χ1n) is 11.0. The molecule has 0 aliphatic carbocycles. The molecule has 1 aromatic heterocycles. The second-order valence-electron chi connectivity index (χ2n) is 7.94. The zero-order valence-corrected chi connectivity index (χ0v) is 18.2. The molecule has 0 bridgehead atoms. The number of benzene rings is 3. The maximum absolute atomic E-state index is 13.7. The van der Waals surface area contributed by atoms with Crippen LogP contribution in [-0.4, -0.2) is 28.5 Å². The van der Waals surface area contributed by atoms with Crippen LogP contribution in [0.1, 0.15) is 35.4 Å². The van der Waals surface area contributed by atoms with Crippen molar-refractivity contribution in [1.29, 1.82) is 0 Å². The Kier molecular flexibility index (Phi) is 7.10. The predicted octanol–water partition coefficient (Wildman–Crippen LogP) is 4.89. The predicted molar refractivity (Wildman–Crippen MR) is 126 cm³/mol. The number of imidazole rings is 1. The van der Waals surface area contributed by atoms with Crippen LogP contribution in [0.5, 0.6) is 0 Å². The Morgan fingerprint density at radius 2 is 1.67 bits per heavy atom. The maximum Gasteiger partial charge on any atom is 0.287 e. The smallest absolute Gasteiger partial charge is 0.287 e. The number of unbranched alkanes of at least 4 members (excludes halogenated alkanes) is 2. The van der Waals surface area contributed by atoms with Gasteiger partial charge in [-0.15, -0.1) is 0 Å². The van der Waals surface area contributed by atoms with E-state index < -0.39 is 11.6 Å². The average molecular weight is 449 g/mol. The molecule has 3 N–H and O–H groups in total. The van der Waals surface area contributed by atoms with Gasteiger partial charge in [0.25, 0.3) is 5.91 Å². The van der Waals surface area contributed by atoms with Crippen LogP contribution in [-0.2, 0) is 6.54 Å². The SMILES string of the molecule is NCCCCCNC(=O)c1nc2cc(-c3ccc(F)c(F)c3)ccc2n1Cc1ccccc1. The number of nitrogens with two attached hydrogens (primary N) is 1. The zero-order chi connectivity index (χ0) is 23.2. The summed E-state index contributed by atoms with van der Waals surface area (Å²) in [6.07, 6.45) is 2.73. The lowest BCUT2D eigenvalue weighted by Gasteiger charge is -2.10. The van der Waals surface area contributed by atoms with Crippen molar-refractivity contribution in [3.05, 3.63) is 89.8 Å². The van der Waals surface area contributed by atoms with Gasteiger partial charge in [-0.2, -0.15) is 0 Å². The molecule has 0 aliphatic rings. The molecule has 0 atom stereocenters. The van der Waals surface area contributed by atoms with Crippen molar-refractivity contribution in [2.45, 2.75) is 25.8 Å². The third-order valence-electron chi connectivity index (χ3n) is 5.55. The summed E-state index contributed by atoms with van der Waals surface area (Å²) >= 11 is 0. The molecule has 7 heteroatoms. The van der Waals surface area contributed by atoms with E-state index in [4.69, 9.17) is 5.73 Å². The van der Waals surface area contributed by atoms with Gasteiger partial charge in [-0.1, -0.05) is 48.9 Å². The van der Waals surface area contributed by atoms with Gasteiger partial charge in [0.1, 0.15) is 0 Å². The summed E-state index contributed by atoms with van der Waals surface area (Å²) in [4.78, 5) is 17.6. The average Bonchev–Trinajstić information content (AvgIpc) is 3.19. The van der Waals surface area contributed by atoms with Gasteiger partial charge >= 0.3 is 0 Å². The van der Waals surface area contributed by atoms with Crippen molar-refractivity contribution in [1.82, 2.24) is 14.9 Å². The topological polar surface area (TPSA) is 72.9 Å². The van der Waals surface area contributed by atoms with E-state index in [0.717, 1.165) is 42.5 Å². The summed E-state index contributed by atoms with van der Waals surface area (Å²) in [6, 6.07) is 19.1. The number of fused-ring (bicyclic) bond motifs is 1. The molecule has 0 radical (unpaired) electrons. The van der Waals surface area contributed by atoms with Crippen molar-refractivity contribution >= 4 is 16.9 Å². The molecule has 1 heterocycles. The lowest BCUT2D eigenvalue weighted by molar-refractivity contribution is 0.0939. The van der Waals surface area contributed by atoms with Crippen LogP contribution in [0.15, 0.2) is 66.7 Å². The molecule has 3 aromatic carbocycles. The van der Waals surface area contributed by atoms with Gasteiger partial charge < -0.3 is 15.6 Å². The number of nitrogens with zero attached hydrogens (tertiary/aromatic N) is 2. The monoisotopic (exact) mass is 448 g/mol. The minimum Gasteiger partial charge on any atom is -0.349 e. The molecule has 1 amide bonds. The third kappa shape index (κ3) is 5.26. The Morgan fingerprint density at radius 1 is 0.909 bits per heavy atom. The Bertz CT molecular complexity index is 1250. The van der Waals surface area contributed by atoms with E-state index in [9.17, 15) is 13.6 Å². The number of hydrogen-bond donors (Lipinski definition) is 2. The molecule has 0 unspecified atom stereocenters. The van der Waals surface area contributed by atoms with Crippen LogP contribution in [0.25, 0.3) is 22.2 Å². The van der Waals surface area contributed by atoms with E-state index in [1.807, 2.05) is 47.0 Å². The first kappa shape index (κ1) is 22.6. The summed E-state index contributed by atoms with van der Waals surface area (Å²) in [7, 11) is 0. The normalized spacial score (nSPS) is 11.1. The van der Waals surface area contributed by atoms with Crippen LogP contribution in [0.4, 0.5) is 8.78 Å². The van der Waals surface area contributed by atoms with Crippen molar-refractivity contribution in [2.24, 2.45) is 5.73 Å². The Morgan fingerprint density at radius 3 is 2.42 bits per heavy atom. The molecule has 0 saturated carbocycles. The molecule has 5 nitrogen and oxygen atoms in total. The van der Waals surface area contributed by atoms with E-state index in [-0.39, 0.29) is 5.91 Å². The lowest BCUT2D eigenvalue weighted by atomic mass is 10.0. The Hall–Kier alpha value is -3.58. The fraction of sp³-hybridized carbons (Fsp3) is 0.231. The highest BCUT2D eigenvalue weighted by Gasteiger charge is 2.18. The largest absolute Gasteiger partial charge is 0.349 e. The molecule has 0 fully saturated rings. The number of amides is 1. The fourth-order valence-electron chi connectivity index (χ4n) is 3.81. The molecular formula is C26H26F2N4O. The quantitative estimate of drug-likeness (QED) is 0.358. The molecule has 4 aromatic rings. The van der Waals surface area contributed by atoms with Gasteiger partial charge in [0.15, 0.2) is 17.5 Å². The highest BCUT2D eigenvalue weighted by molar-refractivity contribution is 5.95. The summed E-state index contributed by atoms with van der Waals surface area (Å²) in [5.74, 6) is -1.73. The summed E-state index contributed by atoms with van der Waals surface area (Å²) < 4.78 is 29.0. The Balaban J connectivity index is 1.68. The van der Waals surface area contributed by atoms with Gasteiger partial charge in [0.2, 0.25) is 0 Å². The van der Waals surface area contributed by atoms with E-state index in [1.54, 1.807) is 6.07 Å². The Labute approximate surface area is 191 Å². The lowest BCUT2D eigenvalue weighted by Crippen LogP contribution is -2.28. The van der Waals surface area contributed by atoms with E-state index in [1.165, 1.54) is 6.07 Å². The van der Waals surface area contributed by atoms with E-state index in [2.05, 4.69) is 10.3 Å². The van der Waals surface area contributed by atoms with Crippen molar-refractivity contribution in [3.63, 3.8) is 0 Å². The fourth-order valence-corrected chi connectivity index (χ4v) is 3.81. The number of carbonyl (C=O) groups excluding carboxylic acids is 1. The molecular weight excluding hydrogens is 422 g/mol. The molecule has 4 rings (SSSR count). The van der Waals surface area contributed by atoms with Gasteiger partial charge in [0, 0.05) is 13.1 Å². The van der Waals surface area contributed by atoms with E-state index in [0.29, 0.717) is 42.1 Å². The molecule has 170 valence electrons. The third-order valence-corrected chi connectivity index (χ3v) is 5.55. The van der Waals surface area contributed by atoms with Crippen molar-refractivity contribution in [3.8, 4) is 11.1 Å². The van der Waals surface area contributed by atoms with Gasteiger partial charge in [0.05, 0.1) is 11.0 Å². The van der Waals surface area contributed by atoms with Gasteiger partial charge in [-0.05, 0) is 60.3 Å². The number of rotatable bonds is 9. The summed E-state index contributed by atoms with van der Waals surface area (Å²) in [6.45, 7) is 1.67. The first-order chi connectivity index (χ1) is 16.1. The van der Waals surface area contributed by atoms with Gasteiger partial charge in [-0.25, -0.2) is 13.8 Å². The zero-order valence-electron chi connectivity index (χ0n) is 18.2. The van der Waals surface area contributed by atoms with Crippen LogP contribution < -0.4 is 11.1 Å². The summed E-state index contributed by atoms with van der Waals surface area (Å²) in [5.41, 5.74) is 9.21. The molecule has 0 saturated heterocycles. The minimum absolute atomic E-state index is 0.246. The minimum atomic E-state index is -0.906. The second-order valence-corrected chi connectivity index (χ2v) is 7.94. The molecule has 33 heavy (non-hydrogen) atoms. The number of nitrogens with one attached hydrogen (secondary N) is 1. The summed E-state index contributed by atoms with van der Waals surface area (Å²) in [5, 5.41) is 2.95. The standard InChI is InChI=1S/C26H26F2N4O/c27-21-11-9-19(15-22(21)28)20-10-12-24-23(16-20)31-25(26(33)30-14-6-2-5-13-29)32(24)17-18-7-3-1-4-8-18/h1,3-4,7-12,15-16H,2,5-6,13-14,17,29H2,(H,30,33). The van der Waals surface area contributed by atoms with Gasteiger partial charge in [-0.3, -0.25) is 4.79 Å². The number of carbonyl (C=O) groups is 1. The van der Waals surface area contributed by atoms with Crippen molar-refractivity contribution in [2.75, 3.05) is 13.1 Å². The van der Waals surface area contributed by atoms with Crippen molar-refractivity contribution < 1.29 is 13.6 Å². The van der Waals surface area contributed by atoms with E-state index >= 15 is 0 Å². The molecule has 0 aliphatic heterocycles. The van der Waals surface area contributed by atoms with Crippen LogP contribution in [0.2, 0.25) is 0 Å². The number of halogens is 2. The van der Waals surface area contributed by atoms with Crippen LogP contribution >= 0.6 is 0 Å².